The van der Waals surface area contributed by atoms with Crippen LogP contribution in [0.3, 0.4) is 0 Å². The second kappa shape index (κ2) is 9.05. The summed E-state index contributed by atoms with van der Waals surface area (Å²) in [6, 6.07) is 32.2. The number of anilines is 1. The molecule has 0 fully saturated rings. The first kappa shape index (κ1) is 21.8. The summed E-state index contributed by atoms with van der Waals surface area (Å²) in [5, 5.41) is 2.40. The number of hydrogen-bond acceptors (Lipinski definition) is 4. The van der Waals surface area contributed by atoms with Gasteiger partial charge in [0.15, 0.2) is 0 Å². The van der Waals surface area contributed by atoms with Crippen LogP contribution in [-0.2, 0) is 15.8 Å². The van der Waals surface area contributed by atoms with E-state index in [1.54, 1.807) is 48.5 Å². The molecule has 0 saturated heterocycles. The van der Waals surface area contributed by atoms with E-state index in [1.807, 2.05) is 60.7 Å². The zero-order chi connectivity index (χ0) is 23.5. The Labute approximate surface area is 197 Å². The maximum absolute atomic E-state index is 14.1. The van der Waals surface area contributed by atoms with Gasteiger partial charge in [0.25, 0.3) is 5.91 Å². The quantitative estimate of drug-likeness (QED) is 0.279. The van der Waals surface area contributed by atoms with Crippen LogP contribution in [0.4, 0.5) is 5.69 Å². The number of amides is 1. The Hall–Kier alpha value is -4.07. The monoisotopic (exact) mass is 467 g/mol. The molecule has 0 unspecified atom stereocenters. The Balaban J connectivity index is 1.64. The van der Waals surface area contributed by atoms with Gasteiger partial charge >= 0.3 is 0 Å². The summed E-state index contributed by atoms with van der Waals surface area (Å²) in [7, 11) is -3.90. The van der Waals surface area contributed by atoms with Crippen LogP contribution in [0.25, 0.3) is 21.8 Å². The lowest BCUT2D eigenvalue weighted by Crippen LogP contribution is -2.47. The van der Waals surface area contributed by atoms with Gasteiger partial charge in [0.2, 0.25) is 10.0 Å². The van der Waals surface area contributed by atoms with Crippen molar-refractivity contribution >= 4 is 43.4 Å². The lowest BCUT2D eigenvalue weighted by atomic mass is 10.0. The first-order chi connectivity index (χ1) is 16.5. The minimum atomic E-state index is -3.90. The van der Waals surface area contributed by atoms with E-state index in [2.05, 4.69) is 9.82 Å². The van der Waals surface area contributed by atoms with Gasteiger partial charge in [-0.25, -0.2) is 18.4 Å². The van der Waals surface area contributed by atoms with E-state index < -0.39 is 15.9 Å². The van der Waals surface area contributed by atoms with E-state index in [0.717, 1.165) is 5.01 Å². The molecule has 0 spiro atoms. The Kier molecular flexibility index (Phi) is 5.79. The topological polar surface area (TPSA) is 79.4 Å². The van der Waals surface area contributed by atoms with E-state index in [-0.39, 0.29) is 5.75 Å². The van der Waals surface area contributed by atoms with Crippen molar-refractivity contribution in [1.82, 2.24) is 9.82 Å². The summed E-state index contributed by atoms with van der Waals surface area (Å²) in [6.07, 6.45) is 0. The van der Waals surface area contributed by atoms with Gasteiger partial charge in [0.05, 0.1) is 28.0 Å². The van der Waals surface area contributed by atoms with Crippen molar-refractivity contribution in [3.05, 3.63) is 120 Å². The smallest absolute Gasteiger partial charge is 0.267 e. The number of fused-ring (bicyclic) bond motifs is 2. The van der Waals surface area contributed by atoms with Crippen molar-refractivity contribution in [1.29, 1.82) is 0 Å². The van der Waals surface area contributed by atoms with Crippen LogP contribution in [0.2, 0.25) is 0 Å². The zero-order valence-electron chi connectivity index (χ0n) is 18.1. The summed E-state index contributed by atoms with van der Waals surface area (Å²) in [5.41, 5.74) is 2.73. The van der Waals surface area contributed by atoms with Crippen molar-refractivity contribution in [2.75, 3.05) is 5.01 Å². The standard InChI is InChI=1S/C27H21N3O3S/c31-27(26-22-15-7-9-17-24(22)28-25-18-10-8-16-23(25)26)30(21-13-5-2-6-14-21)29-34(32,33)19-20-11-3-1-4-12-20/h1-18,29H,19H2. The lowest BCUT2D eigenvalue weighted by Gasteiger charge is -2.24. The van der Waals surface area contributed by atoms with Gasteiger partial charge in [-0.3, -0.25) is 4.79 Å². The van der Waals surface area contributed by atoms with Crippen LogP contribution in [-0.4, -0.2) is 19.3 Å². The molecule has 1 aromatic heterocycles. The highest BCUT2D eigenvalue weighted by Crippen LogP contribution is 2.28. The number of carbonyl (C=O) groups excluding carboxylic acids is 1. The number of para-hydroxylation sites is 3. The molecule has 0 radical (unpaired) electrons. The molecule has 0 aliphatic heterocycles. The Morgan fingerprint density at radius 2 is 1.21 bits per heavy atom. The molecule has 0 saturated carbocycles. The van der Waals surface area contributed by atoms with Crippen molar-refractivity contribution in [2.24, 2.45) is 0 Å². The van der Waals surface area contributed by atoms with Crippen molar-refractivity contribution in [2.45, 2.75) is 5.75 Å². The molecule has 0 aliphatic carbocycles. The lowest BCUT2D eigenvalue weighted by molar-refractivity contribution is 0.0984. The van der Waals surface area contributed by atoms with E-state index in [0.29, 0.717) is 38.6 Å². The van der Waals surface area contributed by atoms with E-state index in [9.17, 15) is 13.2 Å². The fraction of sp³-hybridized carbons (Fsp3) is 0.0370. The zero-order valence-corrected chi connectivity index (χ0v) is 18.9. The number of hydrogen-bond donors (Lipinski definition) is 1. The number of benzene rings is 4. The van der Waals surface area contributed by atoms with Crippen LogP contribution in [0, 0.1) is 0 Å². The van der Waals surface area contributed by atoms with Gasteiger partial charge < -0.3 is 0 Å². The minimum Gasteiger partial charge on any atom is -0.267 e. The number of pyridine rings is 1. The molecule has 4 aromatic carbocycles. The largest absolute Gasteiger partial charge is 0.274 e. The minimum absolute atomic E-state index is 0.262. The number of carbonyl (C=O) groups is 1. The van der Waals surface area contributed by atoms with Gasteiger partial charge in [0, 0.05) is 10.8 Å². The molecule has 6 nitrogen and oxygen atoms in total. The van der Waals surface area contributed by atoms with Crippen molar-refractivity contribution in [3.63, 3.8) is 0 Å². The van der Waals surface area contributed by atoms with Gasteiger partial charge in [-0.2, -0.15) is 0 Å². The molecular formula is C27H21N3O3S. The van der Waals surface area contributed by atoms with Crippen LogP contribution in [0.5, 0.6) is 0 Å². The van der Waals surface area contributed by atoms with Gasteiger partial charge in [0.1, 0.15) is 0 Å². The summed E-state index contributed by atoms with van der Waals surface area (Å²) in [5.74, 6) is -0.750. The molecule has 168 valence electrons. The third kappa shape index (κ3) is 4.39. The van der Waals surface area contributed by atoms with Crippen LogP contribution < -0.4 is 9.84 Å². The third-order valence-corrected chi connectivity index (χ3v) is 6.62. The first-order valence-corrected chi connectivity index (χ1v) is 12.4. The second-order valence-electron chi connectivity index (χ2n) is 7.83. The molecule has 1 heterocycles. The molecule has 34 heavy (non-hydrogen) atoms. The van der Waals surface area contributed by atoms with Crippen LogP contribution in [0.15, 0.2) is 109 Å². The summed E-state index contributed by atoms with van der Waals surface area (Å²) in [4.78, 5) is 21.3. The normalized spacial score (nSPS) is 11.5. The number of sulfonamides is 1. The summed E-state index contributed by atoms with van der Waals surface area (Å²) < 4.78 is 26.3. The molecule has 0 atom stereocenters. The summed E-state index contributed by atoms with van der Waals surface area (Å²) in [6.45, 7) is 0. The maximum Gasteiger partial charge on any atom is 0.274 e. The molecule has 5 aromatic rings. The van der Waals surface area contributed by atoms with Crippen LogP contribution in [0.1, 0.15) is 15.9 Å². The highest BCUT2D eigenvalue weighted by molar-refractivity contribution is 7.88. The van der Waals surface area contributed by atoms with Crippen molar-refractivity contribution < 1.29 is 13.2 Å². The molecule has 5 rings (SSSR count). The first-order valence-electron chi connectivity index (χ1n) is 10.7. The maximum atomic E-state index is 14.1. The molecule has 0 aliphatic rings. The predicted octanol–water partition coefficient (Wildman–Crippen LogP) is 5.07. The second-order valence-corrected chi connectivity index (χ2v) is 9.53. The summed E-state index contributed by atoms with van der Waals surface area (Å²) >= 11 is 0. The van der Waals surface area contributed by atoms with E-state index in [1.165, 1.54) is 0 Å². The highest BCUT2D eigenvalue weighted by Gasteiger charge is 2.27. The fourth-order valence-corrected chi connectivity index (χ4v) is 5.10. The average molecular weight is 468 g/mol. The number of aromatic nitrogens is 1. The fourth-order valence-electron chi connectivity index (χ4n) is 3.94. The molecule has 7 heteroatoms. The Bertz CT molecular complexity index is 1530. The van der Waals surface area contributed by atoms with Gasteiger partial charge in [-0.1, -0.05) is 84.9 Å². The van der Waals surface area contributed by atoms with E-state index in [4.69, 9.17) is 0 Å². The van der Waals surface area contributed by atoms with E-state index >= 15 is 0 Å². The predicted molar refractivity (Wildman–Crippen MR) is 135 cm³/mol. The number of hydrazine groups is 1. The van der Waals surface area contributed by atoms with Gasteiger partial charge in [-0.05, 0) is 29.8 Å². The Morgan fingerprint density at radius 3 is 1.79 bits per heavy atom. The molecular weight excluding hydrogens is 446 g/mol. The van der Waals surface area contributed by atoms with Crippen LogP contribution >= 0.6 is 0 Å². The molecule has 0 bridgehead atoms. The molecule has 1 amide bonds. The number of nitrogens with one attached hydrogen (secondary N) is 1. The van der Waals surface area contributed by atoms with Crippen molar-refractivity contribution in [3.8, 4) is 0 Å². The average Bonchev–Trinajstić information content (AvgIpc) is 2.86. The number of rotatable bonds is 6. The molecule has 1 N–H and O–H groups in total. The highest BCUT2D eigenvalue weighted by atomic mass is 32.2. The third-order valence-electron chi connectivity index (χ3n) is 5.45. The van der Waals surface area contributed by atoms with Gasteiger partial charge in [-0.15, -0.1) is 4.83 Å². The number of nitrogens with zero attached hydrogens (tertiary/aromatic N) is 2. The SMILES string of the molecule is O=C(c1c2ccccc2nc2ccccc12)N(NS(=O)(=O)Cc1ccccc1)c1ccccc1. The Morgan fingerprint density at radius 1 is 0.706 bits per heavy atom.